The quantitative estimate of drug-likeness (QED) is 0.394. The molecule has 1 fully saturated rings. The van der Waals surface area contributed by atoms with Crippen LogP contribution in [0.1, 0.15) is 35.7 Å². The number of benzene rings is 1. The second kappa shape index (κ2) is 9.58. The Morgan fingerprint density at radius 2 is 1.97 bits per heavy atom. The third-order valence-electron chi connectivity index (χ3n) is 5.23. The average Bonchev–Trinajstić information content (AvgIpc) is 3.54. The second-order valence-electron chi connectivity index (χ2n) is 7.94. The predicted molar refractivity (Wildman–Crippen MR) is 120 cm³/mol. The lowest BCUT2D eigenvalue weighted by molar-refractivity contribution is -0.154. The van der Waals surface area contributed by atoms with Gasteiger partial charge in [0.1, 0.15) is 11.6 Å². The van der Waals surface area contributed by atoms with E-state index in [4.69, 9.17) is 9.47 Å². The number of aromatic nitrogens is 4. The van der Waals surface area contributed by atoms with Gasteiger partial charge in [-0.1, -0.05) is 22.0 Å². The maximum Gasteiger partial charge on any atom is 0.422 e. The van der Waals surface area contributed by atoms with Crippen molar-refractivity contribution in [2.24, 2.45) is 0 Å². The maximum atomic E-state index is 12.4. The van der Waals surface area contributed by atoms with Crippen LogP contribution in [0.15, 0.2) is 41.0 Å². The van der Waals surface area contributed by atoms with Crippen LogP contribution < -0.4 is 14.4 Å². The summed E-state index contributed by atoms with van der Waals surface area (Å²) in [5, 5.41) is 8.87. The first kappa shape index (κ1) is 23.3. The molecule has 0 atom stereocenters. The molecule has 2 aromatic heterocycles. The molecular formula is C22H23BrF3N5O2. The van der Waals surface area contributed by atoms with Crippen molar-refractivity contribution in [1.29, 1.82) is 0 Å². The van der Waals surface area contributed by atoms with Crippen molar-refractivity contribution in [3.05, 3.63) is 58.0 Å². The van der Waals surface area contributed by atoms with Crippen molar-refractivity contribution >= 4 is 21.9 Å². The third-order valence-corrected chi connectivity index (χ3v) is 6.00. The molecule has 0 N–H and O–H groups in total. The first-order valence-corrected chi connectivity index (χ1v) is 11.1. The Morgan fingerprint density at radius 1 is 1.18 bits per heavy atom. The number of pyridine rings is 1. The van der Waals surface area contributed by atoms with Gasteiger partial charge in [0.2, 0.25) is 11.8 Å². The van der Waals surface area contributed by atoms with Gasteiger partial charge in [0.25, 0.3) is 0 Å². The minimum Gasteiger partial charge on any atom is -0.497 e. The zero-order valence-corrected chi connectivity index (χ0v) is 19.7. The Labute approximate surface area is 197 Å². The van der Waals surface area contributed by atoms with Gasteiger partial charge in [-0.2, -0.15) is 13.2 Å². The fourth-order valence-electron chi connectivity index (χ4n) is 3.44. The summed E-state index contributed by atoms with van der Waals surface area (Å²) >= 11 is 3.59. The first-order valence-electron chi connectivity index (χ1n) is 10.3. The van der Waals surface area contributed by atoms with Crippen LogP contribution in [-0.4, -0.2) is 46.7 Å². The minimum atomic E-state index is -4.40. The molecule has 1 saturated carbocycles. The number of nitrogens with zero attached hydrogens (tertiary/aromatic N) is 5. The molecule has 0 saturated heterocycles. The molecule has 3 aromatic rings. The monoisotopic (exact) mass is 525 g/mol. The van der Waals surface area contributed by atoms with Crippen LogP contribution in [0.5, 0.6) is 11.6 Å². The molecule has 2 heterocycles. The highest BCUT2D eigenvalue weighted by Gasteiger charge is 2.31. The summed E-state index contributed by atoms with van der Waals surface area (Å²) in [5.74, 6) is 2.66. The van der Waals surface area contributed by atoms with E-state index in [0.29, 0.717) is 25.0 Å². The van der Waals surface area contributed by atoms with Crippen molar-refractivity contribution in [3.63, 3.8) is 0 Å². The van der Waals surface area contributed by atoms with Gasteiger partial charge in [0.05, 0.1) is 13.7 Å². The molecule has 176 valence electrons. The molecule has 1 aliphatic rings. The second-order valence-corrected chi connectivity index (χ2v) is 8.79. The van der Waals surface area contributed by atoms with E-state index in [0.717, 1.165) is 40.0 Å². The molecule has 0 bridgehead atoms. The topological polar surface area (TPSA) is 65.3 Å². The molecule has 7 nitrogen and oxygen atoms in total. The summed E-state index contributed by atoms with van der Waals surface area (Å²) in [7, 11) is 3.57. The van der Waals surface area contributed by atoms with Crippen LogP contribution in [-0.2, 0) is 13.1 Å². The Hall–Kier alpha value is -2.82. The van der Waals surface area contributed by atoms with Gasteiger partial charge in [-0.05, 0) is 42.2 Å². The van der Waals surface area contributed by atoms with Crippen molar-refractivity contribution in [1.82, 2.24) is 19.7 Å². The Bertz CT molecular complexity index is 1100. The molecule has 11 heteroatoms. The van der Waals surface area contributed by atoms with E-state index < -0.39 is 12.8 Å². The number of rotatable bonds is 9. The molecular weight excluding hydrogens is 503 g/mol. The maximum absolute atomic E-state index is 12.4. The van der Waals surface area contributed by atoms with Gasteiger partial charge in [0.15, 0.2) is 6.61 Å². The fourth-order valence-corrected chi connectivity index (χ4v) is 3.81. The Balaban J connectivity index is 1.53. The Morgan fingerprint density at radius 3 is 2.61 bits per heavy atom. The molecule has 0 spiro atoms. The lowest BCUT2D eigenvalue weighted by atomic mass is 10.2. The summed E-state index contributed by atoms with van der Waals surface area (Å²) in [5.41, 5.74) is 1.85. The number of hydrogen-bond donors (Lipinski definition) is 0. The molecule has 0 amide bonds. The van der Waals surface area contributed by atoms with Crippen LogP contribution in [0.25, 0.3) is 0 Å². The summed E-state index contributed by atoms with van der Waals surface area (Å²) in [4.78, 5) is 6.02. The lowest BCUT2D eigenvalue weighted by Crippen LogP contribution is -2.22. The predicted octanol–water partition coefficient (Wildman–Crippen LogP) is 4.95. The zero-order chi connectivity index (χ0) is 23.6. The standard InChI is InChI=1S/C22H23BrF3N5O2/c1-30(12-16-9-17(32-2)6-7-18(16)23)21-29-28-20(15-4-5-15)31(21)11-14-3-8-19(27-10-14)33-13-22(24,25)26/h3,6-10,15H,4-5,11-13H2,1-2H3. The highest BCUT2D eigenvalue weighted by atomic mass is 79.9. The first-order chi connectivity index (χ1) is 15.7. The van der Waals surface area contributed by atoms with Crippen molar-refractivity contribution < 1.29 is 22.6 Å². The highest BCUT2D eigenvalue weighted by molar-refractivity contribution is 9.10. The molecule has 0 unspecified atom stereocenters. The van der Waals surface area contributed by atoms with E-state index in [-0.39, 0.29) is 5.88 Å². The molecule has 1 aromatic carbocycles. The summed E-state index contributed by atoms with van der Waals surface area (Å²) in [6, 6.07) is 8.94. The van der Waals surface area contributed by atoms with E-state index in [1.54, 1.807) is 13.2 Å². The van der Waals surface area contributed by atoms with Crippen molar-refractivity contribution in [3.8, 4) is 11.6 Å². The lowest BCUT2D eigenvalue weighted by Gasteiger charge is -2.21. The number of halogens is 4. The van der Waals surface area contributed by atoms with Gasteiger partial charge in [0, 0.05) is 36.2 Å². The third kappa shape index (κ3) is 5.95. The molecule has 33 heavy (non-hydrogen) atoms. The van der Waals surface area contributed by atoms with Gasteiger partial charge >= 0.3 is 6.18 Å². The normalized spacial score (nSPS) is 13.8. The summed E-state index contributed by atoms with van der Waals surface area (Å²) in [6.07, 6.45) is -0.762. The van der Waals surface area contributed by atoms with E-state index in [9.17, 15) is 13.2 Å². The van der Waals surface area contributed by atoms with Crippen LogP contribution >= 0.6 is 15.9 Å². The van der Waals surface area contributed by atoms with Crippen molar-refractivity contribution in [2.75, 3.05) is 25.7 Å². The summed E-state index contributed by atoms with van der Waals surface area (Å²) in [6.45, 7) is -0.348. The zero-order valence-electron chi connectivity index (χ0n) is 18.1. The number of anilines is 1. The number of hydrogen-bond acceptors (Lipinski definition) is 6. The van der Waals surface area contributed by atoms with E-state index in [1.165, 1.54) is 12.3 Å². The number of ether oxygens (including phenoxy) is 2. The minimum absolute atomic E-state index is 0.0672. The SMILES string of the molecule is COc1ccc(Br)c(CN(C)c2nnc(C3CC3)n2Cc2ccc(OCC(F)(F)F)nc2)c1. The molecule has 1 aliphatic carbocycles. The van der Waals surface area contributed by atoms with Crippen LogP contribution in [0.3, 0.4) is 0 Å². The number of methoxy groups -OCH3 is 1. The number of alkyl halides is 3. The van der Waals surface area contributed by atoms with E-state index >= 15 is 0 Å². The van der Waals surface area contributed by atoms with E-state index in [1.807, 2.05) is 34.7 Å². The smallest absolute Gasteiger partial charge is 0.422 e. The Kier molecular flexibility index (Phi) is 6.78. The van der Waals surface area contributed by atoms with Crippen LogP contribution in [0.4, 0.5) is 19.1 Å². The largest absolute Gasteiger partial charge is 0.497 e. The summed E-state index contributed by atoms with van der Waals surface area (Å²) < 4.78 is 50.1. The highest BCUT2D eigenvalue weighted by Crippen LogP contribution is 2.40. The average molecular weight is 526 g/mol. The molecule has 4 rings (SSSR count). The van der Waals surface area contributed by atoms with Crippen molar-refractivity contribution in [2.45, 2.75) is 38.0 Å². The van der Waals surface area contributed by atoms with Crippen LogP contribution in [0, 0.1) is 0 Å². The van der Waals surface area contributed by atoms with Crippen LogP contribution in [0.2, 0.25) is 0 Å². The molecule has 0 aliphatic heterocycles. The van der Waals surface area contributed by atoms with Gasteiger partial charge in [-0.25, -0.2) is 4.98 Å². The van der Waals surface area contributed by atoms with Gasteiger partial charge in [-0.15, -0.1) is 10.2 Å². The van der Waals surface area contributed by atoms with Gasteiger partial charge < -0.3 is 14.4 Å². The molecule has 0 radical (unpaired) electrons. The fraction of sp³-hybridized carbons (Fsp3) is 0.409. The van der Waals surface area contributed by atoms with Gasteiger partial charge in [-0.3, -0.25) is 4.57 Å². The van der Waals surface area contributed by atoms with E-state index in [2.05, 4.69) is 31.1 Å².